The molecule has 1 atom stereocenters. The maximum absolute atomic E-state index is 10.3. The van der Waals surface area contributed by atoms with Gasteiger partial charge in [-0.05, 0) is 17.5 Å². The first kappa shape index (κ1) is 11.3. The van der Waals surface area contributed by atoms with E-state index in [-0.39, 0.29) is 5.92 Å². The van der Waals surface area contributed by atoms with Gasteiger partial charge in [0.2, 0.25) is 0 Å². The highest BCUT2D eigenvalue weighted by molar-refractivity contribution is 5.10. The first-order valence-electron chi connectivity index (χ1n) is 4.81. The zero-order valence-corrected chi connectivity index (χ0v) is 8.99. The fourth-order valence-corrected chi connectivity index (χ4v) is 1.42. The molecule has 1 unspecified atom stereocenters. The predicted molar refractivity (Wildman–Crippen MR) is 54.1 cm³/mol. The fraction of sp³-hybridized carbons (Fsp3) is 0.636. The molecule has 0 aliphatic rings. The molecule has 0 aromatic carbocycles. The smallest absolute Gasteiger partial charge is 0.0943 e. The van der Waals surface area contributed by atoms with Gasteiger partial charge in [-0.3, -0.25) is 0 Å². The molecule has 0 saturated carbocycles. The van der Waals surface area contributed by atoms with Gasteiger partial charge in [-0.2, -0.15) is 0 Å². The zero-order valence-electron chi connectivity index (χ0n) is 8.99. The first-order chi connectivity index (χ1) is 6.58. The third kappa shape index (κ3) is 2.59. The number of ether oxygens (including phenoxy) is 1. The molecule has 0 saturated heterocycles. The van der Waals surface area contributed by atoms with Crippen LogP contribution < -0.4 is 0 Å². The van der Waals surface area contributed by atoms with Crippen LogP contribution in [0.25, 0.3) is 0 Å². The molecule has 0 amide bonds. The van der Waals surface area contributed by atoms with E-state index >= 15 is 0 Å². The topological polar surface area (TPSA) is 42.6 Å². The Morgan fingerprint density at radius 3 is 2.71 bits per heavy atom. The second-order valence-corrected chi connectivity index (χ2v) is 4.00. The summed E-state index contributed by atoms with van der Waals surface area (Å²) < 4.78 is 10.0. The standard InChI is InChI=1S/C11H18O3/c1-9(2)11(12,8-13-3)6-10-4-5-14-7-10/h4-5,7,9,12H,6,8H2,1-3H3. The Morgan fingerprint density at radius 1 is 1.57 bits per heavy atom. The highest BCUT2D eigenvalue weighted by Crippen LogP contribution is 2.22. The molecule has 14 heavy (non-hydrogen) atoms. The fourth-order valence-electron chi connectivity index (χ4n) is 1.42. The lowest BCUT2D eigenvalue weighted by Crippen LogP contribution is -2.42. The van der Waals surface area contributed by atoms with Gasteiger partial charge in [0, 0.05) is 13.5 Å². The van der Waals surface area contributed by atoms with Crippen LogP contribution in [0.15, 0.2) is 23.0 Å². The predicted octanol–water partition coefficient (Wildman–Crippen LogP) is 1.86. The Bertz CT molecular complexity index is 254. The van der Waals surface area contributed by atoms with Crippen molar-refractivity contribution in [2.24, 2.45) is 5.92 Å². The summed E-state index contributed by atoms with van der Waals surface area (Å²) in [6.07, 6.45) is 3.83. The number of rotatable bonds is 5. The molecule has 1 aromatic rings. The summed E-state index contributed by atoms with van der Waals surface area (Å²) in [5, 5.41) is 10.3. The van der Waals surface area contributed by atoms with Gasteiger partial charge in [0.1, 0.15) is 0 Å². The highest BCUT2D eigenvalue weighted by atomic mass is 16.5. The number of hydrogen-bond acceptors (Lipinski definition) is 3. The van der Waals surface area contributed by atoms with E-state index in [0.29, 0.717) is 13.0 Å². The van der Waals surface area contributed by atoms with Crippen molar-refractivity contribution in [3.05, 3.63) is 24.2 Å². The Balaban J connectivity index is 2.69. The summed E-state index contributed by atoms with van der Waals surface area (Å²) in [5.74, 6) is 0.150. The van der Waals surface area contributed by atoms with Crippen LogP contribution in [-0.4, -0.2) is 24.4 Å². The van der Waals surface area contributed by atoms with E-state index in [9.17, 15) is 5.11 Å². The van der Waals surface area contributed by atoms with Gasteiger partial charge in [-0.1, -0.05) is 13.8 Å². The minimum absolute atomic E-state index is 0.150. The van der Waals surface area contributed by atoms with Crippen LogP contribution in [0.5, 0.6) is 0 Å². The van der Waals surface area contributed by atoms with Gasteiger partial charge >= 0.3 is 0 Å². The van der Waals surface area contributed by atoms with Crippen LogP contribution in [0.1, 0.15) is 19.4 Å². The number of furan rings is 1. The normalized spacial score (nSPS) is 15.8. The van der Waals surface area contributed by atoms with E-state index in [2.05, 4.69) is 0 Å². The van der Waals surface area contributed by atoms with E-state index in [1.54, 1.807) is 19.6 Å². The molecule has 0 aliphatic heterocycles. The summed E-state index contributed by atoms with van der Waals surface area (Å²) in [6.45, 7) is 4.31. The quantitative estimate of drug-likeness (QED) is 0.785. The maximum Gasteiger partial charge on any atom is 0.0943 e. The number of aliphatic hydroxyl groups is 1. The van der Waals surface area contributed by atoms with Crippen LogP contribution in [0.2, 0.25) is 0 Å². The summed E-state index contributed by atoms with van der Waals surface area (Å²) in [5.41, 5.74) is 0.191. The van der Waals surface area contributed by atoms with Crippen molar-refractivity contribution in [3.8, 4) is 0 Å². The van der Waals surface area contributed by atoms with Gasteiger partial charge in [0.05, 0.1) is 24.7 Å². The van der Waals surface area contributed by atoms with E-state index in [1.807, 2.05) is 19.9 Å². The Labute approximate surface area is 84.7 Å². The lowest BCUT2D eigenvalue weighted by Gasteiger charge is -2.31. The van der Waals surface area contributed by atoms with Crippen molar-refractivity contribution >= 4 is 0 Å². The van der Waals surface area contributed by atoms with E-state index < -0.39 is 5.60 Å². The van der Waals surface area contributed by atoms with Crippen molar-refractivity contribution in [2.75, 3.05) is 13.7 Å². The molecule has 0 spiro atoms. The van der Waals surface area contributed by atoms with Gasteiger partial charge in [0.15, 0.2) is 0 Å². The zero-order chi connectivity index (χ0) is 10.6. The lowest BCUT2D eigenvalue weighted by atomic mass is 9.86. The molecule has 1 N–H and O–H groups in total. The average molecular weight is 198 g/mol. The second-order valence-electron chi connectivity index (χ2n) is 4.00. The van der Waals surface area contributed by atoms with Crippen LogP contribution in [0.4, 0.5) is 0 Å². The van der Waals surface area contributed by atoms with Crippen molar-refractivity contribution in [1.82, 2.24) is 0 Å². The van der Waals surface area contributed by atoms with E-state index in [0.717, 1.165) is 5.56 Å². The summed E-state index contributed by atoms with van der Waals surface area (Å²) in [4.78, 5) is 0. The summed E-state index contributed by atoms with van der Waals surface area (Å²) >= 11 is 0. The van der Waals surface area contributed by atoms with Gasteiger partial charge in [-0.15, -0.1) is 0 Å². The van der Waals surface area contributed by atoms with Gasteiger partial charge in [-0.25, -0.2) is 0 Å². The van der Waals surface area contributed by atoms with E-state index in [4.69, 9.17) is 9.15 Å². The van der Waals surface area contributed by atoms with Gasteiger partial charge in [0.25, 0.3) is 0 Å². The molecule has 0 bridgehead atoms. The van der Waals surface area contributed by atoms with Crippen molar-refractivity contribution in [3.63, 3.8) is 0 Å². The summed E-state index contributed by atoms with van der Waals surface area (Å²) in [6, 6.07) is 1.86. The molecular formula is C11H18O3. The third-order valence-electron chi connectivity index (χ3n) is 2.56. The summed E-state index contributed by atoms with van der Waals surface area (Å²) in [7, 11) is 1.60. The monoisotopic (exact) mass is 198 g/mol. The molecule has 1 aromatic heterocycles. The van der Waals surface area contributed by atoms with E-state index in [1.165, 1.54) is 0 Å². The van der Waals surface area contributed by atoms with Crippen LogP contribution >= 0.6 is 0 Å². The second kappa shape index (κ2) is 4.62. The average Bonchev–Trinajstić information content (AvgIpc) is 2.56. The molecule has 0 radical (unpaired) electrons. The molecule has 3 nitrogen and oxygen atoms in total. The Kier molecular flexibility index (Phi) is 3.72. The molecule has 1 rings (SSSR count). The van der Waals surface area contributed by atoms with Crippen LogP contribution in [0, 0.1) is 5.92 Å². The van der Waals surface area contributed by atoms with Crippen LogP contribution in [-0.2, 0) is 11.2 Å². The van der Waals surface area contributed by atoms with Gasteiger partial charge < -0.3 is 14.3 Å². The van der Waals surface area contributed by atoms with Crippen molar-refractivity contribution in [1.29, 1.82) is 0 Å². The highest BCUT2D eigenvalue weighted by Gasteiger charge is 2.31. The molecule has 80 valence electrons. The minimum Gasteiger partial charge on any atom is -0.472 e. The maximum atomic E-state index is 10.3. The van der Waals surface area contributed by atoms with Crippen LogP contribution in [0.3, 0.4) is 0 Å². The molecular weight excluding hydrogens is 180 g/mol. The number of hydrogen-bond donors (Lipinski definition) is 1. The molecule has 3 heteroatoms. The SMILES string of the molecule is COCC(O)(Cc1ccoc1)C(C)C. The molecule has 0 fully saturated rings. The minimum atomic E-state index is -0.807. The third-order valence-corrected chi connectivity index (χ3v) is 2.56. The number of methoxy groups -OCH3 is 1. The van der Waals surface area contributed by atoms with Crippen molar-refractivity contribution in [2.45, 2.75) is 25.9 Å². The largest absolute Gasteiger partial charge is 0.472 e. The lowest BCUT2D eigenvalue weighted by molar-refractivity contribution is -0.0638. The molecule has 0 aliphatic carbocycles. The Hall–Kier alpha value is -0.800. The van der Waals surface area contributed by atoms with Crippen molar-refractivity contribution < 1.29 is 14.3 Å². The first-order valence-corrected chi connectivity index (χ1v) is 4.81. The Morgan fingerprint density at radius 2 is 2.29 bits per heavy atom. The molecule has 1 heterocycles.